The van der Waals surface area contributed by atoms with Crippen molar-refractivity contribution in [3.05, 3.63) is 24.3 Å². The molecule has 2 saturated heterocycles. The molecule has 1 N–H and O–H groups in total. The van der Waals surface area contributed by atoms with Gasteiger partial charge < -0.3 is 14.6 Å². The maximum absolute atomic E-state index is 12.1. The number of amides is 1. The van der Waals surface area contributed by atoms with E-state index < -0.39 is 0 Å². The van der Waals surface area contributed by atoms with E-state index in [9.17, 15) is 4.79 Å². The number of carbonyl (C=O) groups is 1. The highest BCUT2D eigenvalue weighted by Gasteiger charge is 2.51. The van der Waals surface area contributed by atoms with E-state index in [4.69, 9.17) is 9.31 Å². The Hall–Kier alpha value is -1.37. The number of nitrogens with zero attached hydrogens (tertiary/aromatic N) is 1. The summed E-state index contributed by atoms with van der Waals surface area (Å²) in [5, 5.41) is 2.96. The maximum atomic E-state index is 12.1. The van der Waals surface area contributed by atoms with Crippen molar-refractivity contribution in [1.29, 1.82) is 0 Å². The average Bonchev–Trinajstić information content (AvgIpc) is 3.06. The Morgan fingerprint density at radius 2 is 1.62 bits per heavy atom. The fourth-order valence-electron chi connectivity index (χ4n) is 3.05. The van der Waals surface area contributed by atoms with Crippen LogP contribution in [0.2, 0.25) is 0 Å². The van der Waals surface area contributed by atoms with Crippen molar-refractivity contribution < 1.29 is 14.1 Å². The minimum Gasteiger partial charge on any atom is -0.399 e. The highest BCUT2D eigenvalue weighted by molar-refractivity contribution is 6.62. The van der Waals surface area contributed by atoms with E-state index >= 15 is 0 Å². The van der Waals surface area contributed by atoms with Gasteiger partial charge in [0.1, 0.15) is 0 Å². The van der Waals surface area contributed by atoms with Gasteiger partial charge in [0.2, 0.25) is 5.91 Å². The monoisotopic (exact) mass is 330 g/mol. The first-order valence-electron chi connectivity index (χ1n) is 8.75. The van der Waals surface area contributed by atoms with Gasteiger partial charge >= 0.3 is 7.12 Å². The molecule has 2 aliphatic rings. The van der Waals surface area contributed by atoms with E-state index in [1.807, 2.05) is 52.0 Å². The Kier molecular flexibility index (Phi) is 4.73. The Morgan fingerprint density at radius 3 is 2.17 bits per heavy atom. The molecule has 2 aliphatic heterocycles. The van der Waals surface area contributed by atoms with Gasteiger partial charge in [-0.25, -0.2) is 0 Å². The first kappa shape index (κ1) is 17.5. The van der Waals surface area contributed by atoms with Crippen molar-refractivity contribution in [3.63, 3.8) is 0 Å². The molecule has 2 heterocycles. The van der Waals surface area contributed by atoms with Crippen molar-refractivity contribution in [2.45, 2.75) is 51.7 Å². The highest BCUT2D eigenvalue weighted by atomic mass is 16.7. The lowest BCUT2D eigenvalue weighted by Crippen LogP contribution is -2.41. The smallest absolute Gasteiger partial charge is 0.399 e. The van der Waals surface area contributed by atoms with Crippen molar-refractivity contribution in [2.24, 2.45) is 0 Å². The van der Waals surface area contributed by atoms with Gasteiger partial charge in [-0.3, -0.25) is 9.69 Å². The van der Waals surface area contributed by atoms with Crippen LogP contribution in [0.5, 0.6) is 0 Å². The molecule has 6 heteroatoms. The Morgan fingerprint density at radius 1 is 1.08 bits per heavy atom. The van der Waals surface area contributed by atoms with Crippen LogP contribution in [0.25, 0.3) is 0 Å². The van der Waals surface area contributed by atoms with Crippen LogP contribution in [0.15, 0.2) is 24.3 Å². The van der Waals surface area contributed by atoms with Gasteiger partial charge in [-0.05, 0) is 71.2 Å². The summed E-state index contributed by atoms with van der Waals surface area (Å²) in [6.45, 7) is 10.7. The van der Waals surface area contributed by atoms with Gasteiger partial charge in [0, 0.05) is 5.69 Å². The molecule has 130 valence electrons. The van der Waals surface area contributed by atoms with Crippen LogP contribution in [0.3, 0.4) is 0 Å². The summed E-state index contributed by atoms with van der Waals surface area (Å²) in [6.07, 6.45) is 2.38. The van der Waals surface area contributed by atoms with E-state index in [-0.39, 0.29) is 24.2 Å². The summed E-state index contributed by atoms with van der Waals surface area (Å²) in [5.74, 6) is 0.0419. The molecule has 24 heavy (non-hydrogen) atoms. The molecule has 0 spiro atoms. The molecule has 0 aromatic heterocycles. The largest absolute Gasteiger partial charge is 0.494 e. The topological polar surface area (TPSA) is 50.8 Å². The van der Waals surface area contributed by atoms with Gasteiger partial charge in [-0.15, -0.1) is 0 Å². The van der Waals surface area contributed by atoms with E-state index in [0.717, 1.165) is 24.2 Å². The van der Waals surface area contributed by atoms with Crippen LogP contribution < -0.4 is 10.8 Å². The summed E-state index contributed by atoms with van der Waals surface area (Å²) >= 11 is 0. The number of carbonyl (C=O) groups excluding carboxylic acids is 1. The first-order valence-corrected chi connectivity index (χ1v) is 8.75. The molecule has 0 aliphatic carbocycles. The zero-order valence-corrected chi connectivity index (χ0v) is 15.1. The molecule has 3 rings (SSSR count). The lowest BCUT2D eigenvalue weighted by atomic mass is 9.79. The third-order valence-corrected chi connectivity index (χ3v) is 5.29. The zero-order chi connectivity index (χ0) is 17.4. The zero-order valence-electron chi connectivity index (χ0n) is 15.1. The predicted octanol–water partition coefficient (Wildman–Crippen LogP) is 2.02. The SMILES string of the molecule is CC1(C)OB(c2ccc(NC(=O)CN3CCCC3)cc2)OC1(C)C. The predicted molar refractivity (Wildman–Crippen MR) is 96.5 cm³/mol. The number of likely N-dealkylation sites (tertiary alicyclic amines) is 1. The summed E-state index contributed by atoms with van der Waals surface area (Å²) in [7, 11) is -0.371. The lowest BCUT2D eigenvalue weighted by molar-refractivity contribution is -0.117. The van der Waals surface area contributed by atoms with Gasteiger partial charge in [0.05, 0.1) is 17.7 Å². The Labute approximate surface area is 144 Å². The second-order valence-electron chi connectivity index (χ2n) is 7.74. The van der Waals surface area contributed by atoms with E-state index in [1.165, 1.54) is 12.8 Å². The van der Waals surface area contributed by atoms with Crippen molar-refractivity contribution in [1.82, 2.24) is 4.90 Å². The van der Waals surface area contributed by atoms with E-state index in [0.29, 0.717) is 6.54 Å². The molecule has 5 nitrogen and oxygen atoms in total. The third-order valence-electron chi connectivity index (χ3n) is 5.29. The normalized spacial score (nSPS) is 22.8. The second kappa shape index (κ2) is 6.50. The number of hydrogen-bond acceptors (Lipinski definition) is 4. The summed E-state index contributed by atoms with van der Waals surface area (Å²) in [4.78, 5) is 14.3. The number of hydrogen-bond donors (Lipinski definition) is 1. The molecule has 1 amide bonds. The maximum Gasteiger partial charge on any atom is 0.494 e. The minimum atomic E-state index is -0.371. The van der Waals surface area contributed by atoms with Gasteiger partial charge in [0.15, 0.2) is 0 Å². The summed E-state index contributed by atoms with van der Waals surface area (Å²) < 4.78 is 12.1. The molecular formula is C18H27BN2O3. The summed E-state index contributed by atoms with van der Waals surface area (Å²) in [6, 6.07) is 7.71. The number of nitrogens with one attached hydrogen (secondary N) is 1. The van der Waals surface area contributed by atoms with Gasteiger partial charge in [-0.2, -0.15) is 0 Å². The van der Waals surface area contributed by atoms with Crippen molar-refractivity contribution >= 4 is 24.2 Å². The first-order chi connectivity index (χ1) is 11.3. The van der Waals surface area contributed by atoms with Crippen LogP contribution in [0.4, 0.5) is 5.69 Å². The second-order valence-corrected chi connectivity index (χ2v) is 7.74. The summed E-state index contributed by atoms with van der Waals surface area (Å²) in [5.41, 5.74) is 1.08. The van der Waals surface area contributed by atoms with Crippen molar-refractivity contribution in [3.8, 4) is 0 Å². The molecule has 2 fully saturated rings. The third kappa shape index (κ3) is 3.66. The molecule has 0 saturated carbocycles. The van der Waals surface area contributed by atoms with Crippen molar-refractivity contribution in [2.75, 3.05) is 25.0 Å². The van der Waals surface area contributed by atoms with Crippen LogP contribution in [0, 0.1) is 0 Å². The lowest BCUT2D eigenvalue weighted by Gasteiger charge is -2.32. The molecule has 0 bridgehead atoms. The van der Waals surface area contributed by atoms with E-state index in [1.54, 1.807) is 0 Å². The van der Waals surface area contributed by atoms with Crippen LogP contribution >= 0.6 is 0 Å². The minimum absolute atomic E-state index is 0.0419. The van der Waals surface area contributed by atoms with Gasteiger partial charge in [-0.1, -0.05) is 12.1 Å². The molecule has 1 aromatic rings. The standard InChI is InChI=1S/C18H27BN2O3/c1-17(2)18(3,4)24-19(23-17)14-7-9-15(10-8-14)20-16(22)13-21-11-5-6-12-21/h7-10H,5-6,11-13H2,1-4H3,(H,20,22). The van der Waals surface area contributed by atoms with Crippen LogP contribution in [-0.4, -0.2) is 48.8 Å². The average molecular weight is 330 g/mol. The number of anilines is 1. The Balaban J connectivity index is 1.58. The van der Waals surface area contributed by atoms with Crippen LogP contribution in [-0.2, 0) is 14.1 Å². The van der Waals surface area contributed by atoms with Gasteiger partial charge in [0.25, 0.3) is 0 Å². The Bertz CT molecular complexity index is 579. The molecule has 1 aromatic carbocycles. The molecule has 0 unspecified atom stereocenters. The highest BCUT2D eigenvalue weighted by Crippen LogP contribution is 2.36. The number of rotatable bonds is 4. The fraction of sp³-hybridized carbons (Fsp3) is 0.611. The van der Waals surface area contributed by atoms with Crippen LogP contribution in [0.1, 0.15) is 40.5 Å². The quantitative estimate of drug-likeness (QED) is 0.858. The van der Waals surface area contributed by atoms with E-state index in [2.05, 4.69) is 10.2 Å². The number of benzene rings is 1. The molecular weight excluding hydrogens is 303 g/mol. The molecule has 0 radical (unpaired) electrons. The fourth-order valence-corrected chi connectivity index (χ4v) is 3.05. The molecule has 0 atom stereocenters.